The van der Waals surface area contributed by atoms with Gasteiger partial charge < -0.3 is 10.5 Å². The molecular weight excluding hydrogens is 218 g/mol. The molecule has 1 aliphatic heterocycles. The maximum atomic E-state index is 11.5. The zero-order valence-corrected chi connectivity index (χ0v) is 10.6. The number of hydrogen-bond donors (Lipinski definition) is 1. The molecule has 4 nitrogen and oxygen atoms in total. The van der Waals surface area contributed by atoms with Crippen LogP contribution >= 0.6 is 0 Å². The van der Waals surface area contributed by atoms with Gasteiger partial charge in [0.25, 0.3) is 0 Å². The van der Waals surface area contributed by atoms with Crippen molar-refractivity contribution in [3.63, 3.8) is 0 Å². The number of epoxide rings is 1. The fraction of sp³-hybridized carbons (Fsp3) is 0.846. The number of rotatable bonds is 10. The highest BCUT2D eigenvalue weighted by molar-refractivity contribution is 5.95. The molecule has 0 aromatic carbocycles. The van der Waals surface area contributed by atoms with Crippen LogP contribution in [0.15, 0.2) is 0 Å². The van der Waals surface area contributed by atoms with Gasteiger partial charge in [-0.05, 0) is 6.42 Å². The van der Waals surface area contributed by atoms with Crippen LogP contribution < -0.4 is 5.73 Å². The van der Waals surface area contributed by atoms with Gasteiger partial charge in [0.15, 0.2) is 18.0 Å². The molecule has 1 saturated heterocycles. The molecule has 0 aromatic rings. The van der Waals surface area contributed by atoms with Crippen molar-refractivity contribution in [3.8, 4) is 0 Å². The molecule has 0 aliphatic carbocycles. The number of nitrogens with two attached hydrogens (primary N) is 1. The van der Waals surface area contributed by atoms with E-state index in [9.17, 15) is 9.59 Å². The maximum Gasteiger partial charge on any atom is 0.249 e. The summed E-state index contributed by atoms with van der Waals surface area (Å²) in [4.78, 5) is 22.2. The monoisotopic (exact) mass is 241 g/mol. The number of Topliss-reactive ketones (excluding diaryl/α,β-unsaturated/α-hetero) is 1. The SMILES string of the molecule is CCCCCCCCCC(=O)C1OC1C(N)=O. The van der Waals surface area contributed by atoms with Crippen molar-refractivity contribution >= 4 is 11.7 Å². The Hall–Kier alpha value is -0.900. The fourth-order valence-electron chi connectivity index (χ4n) is 1.97. The summed E-state index contributed by atoms with van der Waals surface area (Å²) < 4.78 is 4.93. The van der Waals surface area contributed by atoms with Crippen molar-refractivity contribution in [3.05, 3.63) is 0 Å². The second kappa shape index (κ2) is 7.43. The Bertz CT molecular complexity index is 265. The number of carbonyl (C=O) groups excluding carboxylic acids is 2. The standard InChI is InChI=1S/C13H23NO3/c1-2-3-4-5-6-7-8-9-10(15)11-12(17-11)13(14)16/h11-12H,2-9H2,1H3,(H2,14,16). The van der Waals surface area contributed by atoms with E-state index in [2.05, 4.69) is 6.92 Å². The molecule has 1 rings (SSSR count). The normalized spacial score (nSPS) is 22.4. The molecule has 0 saturated carbocycles. The highest BCUT2D eigenvalue weighted by atomic mass is 16.6. The topological polar surface area (TPSA) is 72.7 Å². The van der Waals surface area contributed by atoms with Crippen molar-refractivity contribution in [1.82, 2.24) is 0 Å². The van der Waals surface area contributed by atoms with Crippen LogP contribution in [0, 0.1) is 0 Å². The van der Waals surface area contributed by atoms with Gasteiger partial charge in [0.2, 0.25) is 5.91 Å². The first kappa shape index (κ1) is 14.2. The molecule has 1 heterocycles. The zero-order valence-electron chi connectivity index (χ0n) is 10.6. The molecule has 0 aromatic heterocycles. The van der Waals surface area contributed by atoms with E-state index in [1.165, 1.54) is 32.1 Å². The lowest BCUT2D eigenvalue weighted by Gasteiger charge is -2.00. The lowest BCUT2D eigenvalue weighted by atomic mass is 10.0. The number of carbonyl (C=O) groups is 2. The Balaban J connectivity index is 1.93. The summed E-state index contributed by atoms with van der Waals surface area (Å²) in [5.74, 6) is -0.495. The number of primary amides is 1. The zero-order chi connectivity index (χ0) is 12.7. The van der Waals surface area contributed by atoms with Crippen LogP contribution in [0.25, 0.3) is 0 Å². The number of ether oxygens (including phenoxy) is 1. The largest absolute Gasteiger partial charge is 0.367 e. The van der Waals surface area contributed by atoms with Crippen LogP contribution in [-0.4, -0.2) is 23.9 Å². The van der Waals surface area contributed by atoms with Gasteiger partial charge in [0.1, 0.15) is 0 Å². The predicted octanol–water partition coefficient (Wildman–Crippen LogP) is 1.95. The first-order chi connectivity index (χ1) is 8.16. The Labute approximate surface area is 103 Å². The van der Waals surface area contributed by atoms with Crippen LogP contribution in [0.1, 0.15) is 58.3 Å². The number of ketones is 1. The van der Waals surface area contributed by atoms with E-state index < -0.39 is 18.1 Å². The van der Waals surface area contributed by atoms with Crippen LogP contribution in [0.4, 0.5) is 0 Å². The van der Waals surface area contributed by atoms with Crippen LogP contribution in [0.2, 0.25) is 0 Å². The minimum Gasteiger partial charge on any atom is -0.367 e. The highest BCUT2D eigenvalue weighted by Gasteiger charge is 2.48. The highest BCUT2D eigenvalue weighted by Crippen LogP contribution is 2.24. The summed E-state index contributed by atoms with van der Waals surface area (Å²) >= 11 is 0. The molecule has 17 heavy (non-hydrogen) atoms. The molecule has 2 unspecified atom stereocenters. The smallest absolute Gasteiger partial charge is 0.249 e. The molecule has 1 aliphatic rings. The predicted molar refractivity (Wildman–Crippen MR) is 65.5 cm³/mol. The van der Waals surface area contributed by atoms with E-state index in [0.29, 0.717) is 6.42 Å². The van der Waals surface area contributed by atoms with Gasteiger partial charge in [0.05, 0.1) is 0 Å². The molecule has 1 amide bonds. The molecule has 1 fully saturated rings. The van der Waals surface area contributed by atoms with E-state index in [1.54, 1.807) is 0 Å². The van der Waals surface area contributed by atoms with E-state index in [-0.39, 0.29) is 5.78 Å². The summed E-state index contributed by atoms with van der Waals surface area (Å²) in [5, 5.41) is 0. The van der Waals surface area contributed by atoms with E-state index in [1.807, 2.05) is 0 Å². The third-order valence-corrected chi connectivity index (χ3v) is 3.12. The van der Waals surface area contributed by atoms with Crippen molar-refractivity contribution in [1.29, 1.82) is 0 Å². The summed E-state index contributed by atoms with van der Waals surface area (Å²) in [6.07, 6.45) is 7.62. The van der Waals surface area contributed by atoms with Crippen molar-refractivity contribution in [2.45, 2.75) is 70.5 Å². The molecule has 0 bridgehead atoms. The first-order valence-corrected chi connectivity index (χ1v) is 6.64. The van der Waals surface area contributed by atoms with Gasteiger partial charge in [-0.25, -0.2) is 0 Å². The van der Waals surface area contributed by atoms with E-state index in [4.69, 9.17) is 10.5 Å². The van der Waals surface area contributed by atoms with Crippen molar-refractivity contribution in [2.75, 3.05) is 0 Å². The van der Waals surface area contributed by atoms with Crippen LogP contribution in [0.5, 0.6) is 0 Å². The molecule has 4 heteroatoms. The van der Waals surface area contributed by atoms with Gasteiger partial charge in [-0.1, -0.05) is 45.4 Å². The molecule has 0 radical (unpaired) electrons. The summed E-state index contributed by atoms with van der Waals surface area (Å²) in [7, 11) is 0. The number of amides is 1. The lowest BCUT2D eigenvalue weighted by Crippen LogP contribution is -2.22. The van der Waals surface area contributed by atoms with Gasteiger partial charge in [-0.15, -0.1) is 0 Å². The molecule has 2 atom stereocenters. The minimum absolute atomic E-state index is 0.0300. The molecule has 98 valence electrons. The van der Waals surface area contributed by atoms with Crippen LogP contribution in [0.3, 0.4) is 0 Å². The average molecular weight is 241 g/mol. The molecule has 0 spiro atoms. The Morgan fingerprint density at radius 2 is 1.59 bits per heavy atom. The van der Waals surface area contributed by atoms with Gasteiger partial charge in [0, 0.05) is 6.42 Å². The lowest BCUT2D eigenvalue weighted by molar-refractivity contribution is -0.121. The maximum absolute atomic E-state index is 11.5. The fourth-order valence-corrected chi connectivity index (χ4v) is 1.97. The van der Waals surface area contributed by atoms with Crippen molar-refractivity contribution < 1.29 is 14.3 Å². The minimum atomic E-state index is -0.646. The summed E-state index contributed by atoms with van der Waals surface area (Å²) in [5.41, 5.74) is 5.03. The second-order valence-corrected chi connectivity index (χ2v) is 4.72. The van der Waals surface area contributed by atoms with E-state index in [0.717, 1.165) is 12.8 Å². The number of unbranched alkanes of at least 4 members (excludes halogenated alkanes) is 6. The van der Waals surface area contributed by atoms with Gasteiger partial charge >= 0.3 is 0 Å². The third-order valence-electron chi connectivity index (χ3n) is 3.12. The van der Waals surface area contributed by atoms with Gasteiger partial charge in [-0.2, -0.15) is 0 Å². The first-order valence-electron chi connectivity index (χ1n) is 6.64. The number of hydrogen-bond acceptors (Lipinski definition) is 3. The van der Waals surface area contributed by atoms with Gasteiger partial charge in [-0.3, -0.25) is 9.59 Å². The summed E-state index contributed by atoms with van der Waals surface area (Å²) in [6.45, 7) is 2.20. The summed E-state index contributed by atoms with van der Waals surface area (Å²) in [6, 6.07) is 0. The Morgan fingerprint density at radius 3 is 2.12 bits per heavy atom. The second-order valence-electron chi connectivity index (χ2n) is 4.72. The quantitative estimate of drug-likeness (QED) is 0.469. The Kier molecular flexibility index (Phi) is 6.19. The van der Waals surface area contributed by atoms with Crippen molar-refractivity contribution in [2.24, 2.45) is 5.73 Å². The van der Waals surface area contributed by atoms with Crippen LogP contribution in [-0.2, 0) is 14.3 Å². The van der Waals surface area contributed by atoms with E-state index >= 15 is 0 Å². The average Bonchev–Trinajstić information content (AvgIpc) is 3.07. The molecule has 2 N–H and O–H groups in total. The third kappa shape index (κ3) is 5.31. The Morgan fingerprint density at radius 1 is 1.00 bits per heavy atom. The molecular formula is C13H23NO3.